The molecular weight excluding hydrogens is 268 g/mol. The molecule has 1 aromatic rings. The van der Waals surface area contributed by atoms with E-state index < -0.39 is 5.97 Å². The standard InChI is InChI=1S/C9H9BrO3S/c10-7-5-6(1-2-8(7)14)13-4-3-9(11)12/h1-2,5,14H,3-4H2,(H,11,12). The first-order valence-electron chi connectivity index (χ1n) is 3.92. The van der Waals surface area contributed by atoms with Crippen molar-refractivity contribution in [3.8, 4) is 5.75 Å². The van der Waals surface area contributed by atoms with Gasteiger partial charge in [-0.05, 0) is 34.1 Å². The lowest BCUT2D eigenvalue weighted by Gasteiger charge is -2.05. The number of carboxylic acids is 1. The largest absolute Gasteiger partial charge is 0.493 e. The molecule has 0 aliphatic rings. The number of carboxylic acid groups (broad SMARTS) is 1. The first-order chi connectivity index (χ1) is 6.59. The summed E-state index contributed by atoms with van der Waals surface area (Å²) in [5.74, 6) is -0.231. The highest BCUT2D eigenvalue weighted by Gasteiger charge is 2.00. The fraction of sp³-hybridized carbons (Fsp3) is 0.222. The Hall–Kier alpha value is -0.680. The average Bonchev–Trinajstić information content (AvgIpc) is 2.10. The number of hydrogen-bond acceptors (Lipinski definition) is 3. The van der Waals surface area contributed by atoms with Crippen LogP contribution >= 0.6 is 28.6 Å². The Labute approximate surface area is 95.6 Å². The molecule has 0 unspecified atom stereocenters. The van der Waals surface area contributed by atoms with E-state index in [4.69, 9.17) is 9.84 Å². The van der Waals surface area contributed by atoms with Crippen molar-refractivity contribution in [3.05, 3.63) is 22.7 Å². The molecule has 0 aromatic heterocycles. The van der Waals surface area contributed by atoms with Crippen molar-refractivity contribution in [2.45, 2.75) is 11.3 Å². The summed E-state index contributed by atoms with van der Waals surface area (Å²) in [6, 6.07) is 5.28. The number of carbonyl (C=O) groups is 1. The highest BCUT2D eigenvalue weighted by molar-refractivity contribution is 9.10. The predicted molar refractivity (Wildman–Crippen MR) is 59.1 cm³/mol. The summed E-state index contributed by atoms with van der Waals surface area (Å²) in [6.45, 7) is 0.174. The van der Waals surface area contributed by atoms with E-state index in [1.807, 2.05) is 0 Å². The number of thiol groups is 1. The lowest BCUT2D eigenvalue weighted by molar-refractivity contribution is -0.137. The Morgan fingerprint density at radius 3 is 2.86 bits per heavy atom. The Morgan fingerprint density at radius 1 is 1.57 bits per heavy atom. The lowest BCUT2D eigenvalue weighted by Crippen LogP contribution is -2.04. The van der Waals surface area contributed by atoms with Crippen LogP contribution in [0.4, 0.5) is 0 Å². The molecular formula is C9H9BrO3S. The molecule has 0 aliphatic carbocycles. The zero-order valence-corrected chi connectivity index (χ0v) is 9.72. The van der Waals surface area contributed by atoms with Crippen LogP contribution in [0.2, 0.25) is 0 Å². The Morgan fingerprint density at radius 2 is 2.29 bits per heavy atom. The Kier molecular flexibility index (Phi) is 4.28. The van der Waals surface area contributed by atoms with Gasteiger partial charge < -0.3 is 9.84 Å². The molecule has 5 heteroatoms. The minimum atomic E-state index is -0.866. The van der Waals surface area contributed by atoms with Gasteiger partial charge in [0.2, 0.25) is 0 Å². The molecule has 0 saturated carbocycles. The fourth-order valence-corrected chi connectivity index (χ4v) is 1.33. The first-order valence-corrected chi connectivity index (χ1v) is 5.16. The molecule has 14 heavy (non-hydrogen) atoms. The number of hydrogen-bond donors (Lipinski definition) is 2. The SMILES string of the molecule is O=C(O)CCOc1ccc(S)c(Br)c1. The van der Waals surface area contributed by atoms with Crippen LogP contribution < -0.4 is 4.74 Å². The molecule has 0 atom stereocenters. The van der Waals surface area contributed by atoms with E-state index in [1.54, 1.807) is 18.2 Å². The quantitative estimate of drug-likeness (QED) is 0.831. The average molecular weight is 277 g/mol. The highest BCUT2D eigenvalue weighted by Crippen LogP contribution is 2.25. The van der Waals surface area contributed by atoms with Crippen molar-refractivity contribution in [2.24, 2.45) is 0 Å². The minimum Gasteiger partial charge on any atom is -0.493 e. The van der Waals surface area contributed by atoms with E-state index in [2.05, 4.69) is 28.6 Å². The van der Waals surface area contributed by atoms with Gasteiger partial charge in [0.1, 0.15) is 5.75 Å². The summed E-state index contributed by atoms with van der Waals surface area (Å²) in [5.41, 5.74) is 0. The van der Waals surface area contributed by atoms with Crippen molar-refractivity contribution in [1.82, 2.24) is 0 Å². The second kappa shape index (κ2) is 5.26. The van der Waals surface area contributed by atoms with E-state index >= 15 is 0 Å². The summed E-state index contributed by atoms with van der Waals surface area (Å²) in [4.78, 5) is 11.0. The van der Waals surface area contributed by atoms with Crippen LogP contribution in [0.25, 0.3) is 0 Å². The number of benzene rings is 1. The maximum Gasteiger partial charge on any atom is 0.306 e. The molecule has 0 radical (unpaired) electrons. The third kappa shape index (κ3) is 3.59. The van der Waals surface area contributed by atoms with Gasteiger partial charge in [-0.1, -0.05) is 0 Å². The van der Waals surface area contributed by atoms with Gasteiger partial charge in [0.05, 0.1) is 13.0 Å². The van der Waals surface area contributed by atoms with Gasteiger partial charge in [0, 0.05) is 9.37 Å². The number of aliphatic carboxylic acids is 1. The highest BCUT2D eigenvalue weighted by atomic mass is 79.9. The number of rotatable bonds is 4. The maximum absolute atomic E-state index is 10.2. The van der Waals surface area contributed by atoms with Gasteiger partial charge in [-0.25, -0.2) is 0 Å². The summed E-state index contributed by atoms with van der Waals surface area (Å²) < 4.78 is 6.04. The van der Waals surface area contributed by atoms with Crippen molar-refractivity contribution in [3.63, 3.8) is 0 Å². The van der Waals surface area contributed by atoms with Gasteiger partial charge in [-0.3, -0.25) is 4.79 Å². The summed E-state index contributed by atoms with van der Waals surface area (Å²) in [5, 5.41) is 8.39. The molecule has 1 rings (SSSR count). The monoisotopic (exact) mass is 276 g/mol. The number of halogens is 1. The summed E-state index contributed by atoms with van der Waals surface area (Å²) in [7, 11) is 0. The second-order valence-corrected chi connectivity index (χ2v) is 3.94. The van der Waals surface area contributed by atoms with Crippen molar-refractivity contribution in [1.29, 1.82) is 0 Å². The van der Waals surface area contributed by atoms with E-state index in [-0.39, 0.29) is 13.0 Å². The fourth-order valence-electron chi connectivity index (χ4n) is 0.834. The van der Waals surface area contributed by atoms with Crippen LogP contribution in [0.15, 0.2) is 27.6 Å². The zero-order valence-electron chi connectivity index (χ0n) is 7.24. The Bertz CT molecular complexity index is 341. The van der Waals surface area contributed by atoms with Crippen LogP contribution in [-0.4, -0.2) is 17.7 Å². The number of ether oxygens (including phenoxy) is 1. The van der Waals surface area contributed by atoms with Crippen LogP contribution in [0, 0.1) is 0 Å². The predicted octanol–water partition coefficient (Wildman–Crippen LogP) is 2.59. The van der Waals surface area contributed by atoms with Crippen LogP contribution in [-0.2, 0) is 4.79 Å². The van der Waals surface area contributed by atoms with Gasteiger partial charge in [-0.2, -0.15) is 0 Å². The second-order valence-electron chi connectivity index (χ2n) is 2.61. The smallest absolute Gasteiger partial charge is 0.306 e. The topological polar surface area (TPSA) is 46.5 Å². The zero-order chi connectivity index (χ0) is 10.6. The third-order valence-corrected chi connectivity index (χ3v) is 2.86. The molecule has 0 bridgehead atoms. The lowest BCUT2D eigenvalue weighted by atomic mass is 10.3. The normalized spacial score (nSPS) is 9.86. The van der Waals surface area contributed by atoms with Crippen molar-refractivity contribution in [2.75, 3.05) is 6.61 Å². The van der Waals surface area contributed by atoms with Gasteiger partial charge >= 0.3 is 5.97 Å². The van der Waals surface area contributed by atoms with Crippen LogP contribution in [0.5, 0.6) is 5.75 Å². The third-order valence-electron chi connectivity index (χ3n) is 1.50. The van der Waals surface area contributed by atoms with E-state index in [0.717, 1.165) is 9.37 Å². The maximum atomic E-state index is 10.2. The molecule has 0 spiro atoms. The van der Waals surface area contributed by atoms with E-state index in [0.29, 0.717) is 5.75 Å². The van der Waals surface area contributed by atoms with Crippen LogP contribution in [0.1, 0.15) is 6.42 Å². The molecule has 0 heterocycles. The first kappa shape index (κ1) is 11.4. The Balaban J connectivity index is 2.51. The summed E-state index contributed by atoms with van der Waals surface area (Å²) >= 11 is 7.47. The molecule has 1 aromatic carbocycles. The van der Waals surface area contributed by atoms with Gasteiger partial charge in [0.15, 0.2) is 0 Å². The van der Waals surface area contributed by atoms with Gasteiger partial charge in [-0.15, -0.1) is 12.6 Å². The summed E-state index contributed by atoms with van der Waals surface area (Å²) in [6.07, 6.45) is 0.000244. The molecule has 0 saturated heterocycles. The molecule has 0 amide bonds. The van der Waals surface area contributed by atoms with Crippen LogP contribution in [0.3, 0.4) is 0 Å². The molecule has 0 aliphatic heterocycles. The van der Waals surface area contributed by atoms with Crippen molar-refractivity contribution < 1.29 is 14.6 Å². The van der Waals surface area contributed by atoms with E-state index in [9.17, 15) is 4.79 Å². The van der Waals surface area contributed by atoms with Crippen molar-refractivity contribution >= 4 is 34.5 Å². The minimum absolute atomic E-state index is 0.000244. The van der Waals surface area contributed by atoms with E-state index in [1.165, 1.54) is 0 Å². The molecule has 76 valence electrons. The van der Waals surface area contributed by atoms with Gasteiger partial charge in [0.25, 0.3) is 0 Å². The molecule has 3 nitrogen and oxygen atoms in total. The molecule has 1 N–H and O–H groups in total. The molecule has 0 fully saturated rings.